The SMILES string of the molecule is O=C(CCN1C(=O)C=CC1=O)NCCOCCOCCOCCOCCOCCOCCC(=O)ON1C(=O)CCC1=O. The fourth-order valence-corrected chi connectivity index (χ4v) is 3.38. The molecule has 1 saturated heterocycles. The number of hydrogen-bond acceptors (Lipinski definition) is 13. The molecule has 1 N–H and O–H groups in total. The molecule has 0 aliphatic carbocycles. The second kappa shape index (κ2) is 21.4. The topological polar surface area (TPSA) is 186 Å². The van der Waals surface area contributed by atoms with Crippen LogP contribution in [0.15, 0.2) is 12.2 Å². The number of ether oxygens (including phenoxy) is 6. The van der Waals surface area contributed by atoms with Crippen LogP contribution >= 0.6 is 0 Å². The van der Waals surface area contributed by atoms with Gasteiger partial charge < -0.3 is 38.6 Å². The molecule has 0 bridgehead atoms. The standard InChI is InChI=1S/C26H39N3O13/c30-21(5-8-28-22(31)1-2-23(28)32)27-7-10-37-12-14-39-16-18-41-20-19-40-17-15-38-13-11-36-9-6-26(35)42-29-24(33)3-4-25(29)34/h1-2H,3-20H2,(H,27,30). The third kappa shape index (κ3) is 15.1. The summed E-state index contributed by atoms with van der Waals surface area (Å²) < 4.78 is 32.1. The quantitative estimate of drug-likeness (QED) is 0.0944. The predicted octanol–water partition coefficient (Wildman–Crippen LogP) is -1.49. The van der Waals surface area contributed by atoms with Gasteiger partial charge in [0.05, 0.1) is 85.7 Å². The van der Waals surface area contributed by atoms with Gasteiger partial charge in [0.2, 0.25) is 5.91 Å². The molecule has 16 nitrogen and oxygen atoms in total. The minimum Gasteiger partial charge on any atom is -0.378 e. The van der Waals surface area contributed by atoms with Crippen LogP contribution in [0.1, 0.15) is 25.7 Å². The van der Waals surface area contributed by atoms with Crippen LogP contribution in [0.2, 0.25) is 0 Å². The molecule has 0 spiro atoms. The van der Waals surface area contributed by atoms with Crippen molar-refractivity contribution >= 4 is 35.5 Å². The Bertz CT molecular complexity index is 893. The Kier molecular flexibility index (Phi) is 17.8. The molecule has 0 radical (unpaired) electrons. The van der Waals surface area contributed by atoms with Crippen molar-refractivity contribution in [2.45, 2.75) is 25.7 Å². The lowest BCUT2D eigenvalue weighted by molar-refractivity contribution is -0.198. The minimum absolute atomic E-state index is 0.0385. The van der Waals surface area contributed by atoms with E-state index in [0.29, 0.717) is 77.7 Å². The number of rotatable bonds is 25. The van der Waals surface area contributed by atoms with Crippen LogP contribution in [0.4, 0.5) is 0 Å². The third-order valence-electron chi connectivity index (χ3n) is 5.54. The van der Waals surface area contributed by atoms with Gasteiger partial charge in [-0.1, -0.05) is 0 Å². The maximum Gasteiger partial charge on any atom is 0.335 e. The molecule has 2 rings (SSSR count). The van der Waals surface area contributed by atoms with E-state index >= 15 is 0 Å². The zero-order valence-corrected chi connectivity index (χ0v) is 23.6. The molecule has 0 aromatic heterocycles. The van der Waals surface area contributed by atoms with E-state index in [1.54, 1.807) is 0 Å². The van der Waals surface area contributed by atoms with Gasteiger partial charge in [0.25, 0.3) is 23.6 Å². The highest BCUT2D eigenvalue weighted by molar-refractivity contribution is 6.13. The molecule has 16 heteroatoms. The van der Waals surface area contributed by atoms with Crippen LogP contribution in [0, 0.1) is 0 Å². The summed E-state index contributed by atoms with van der Waals surface area (Å²) in [7, 11) is 0. The van der Waals surface area contributed by atoms with Crippen LogP contribution in [0.25, 0.3) is 0 Å². The molecule has 0 saturated carbocycles. The molecule has 0 aromatic carbocycles. The van der Waals surface area contributed by atoms with Crippen molar-refractivity contribution in [1.29, 1.82) is 0 Å². The summed E-state index contributed by atoms with van der Waals surface area (Å²) in [5.74, 6) is -2.84. The highest BCUT2D eigenvalue weighted by Crippen LogP contribution is 2.12. The fraction of sp³-hybridized carbons (Fsp3) is 0.692. The largest absolute Gasteiger partial charge is 0.378 e. The van der Waals surface area contributed by atoms with Crippen molar-refractivity contribution in [3.8, 4) is 0 Å². The van der Waals surface area contributed by atoms with Crippen LogP contribution in [0.5, 0.6) is 0 Å². The van der Waals surface area contributed by atoms with Crippen LogP contribution < -0.4 is 5.32 Å². The molecule has 2 aliphatic heterocycles. The average molecular weight is 602 g/mol. The van der Waals surface area contributed by atoms with Gasteiger partial charge in [0.1, 0.15) is 0 Å². The number of carbonyl (C=O) groups excluding carboxylic acids is 6. The molecule has 2 aliphatic rings. The Morgan fingerprint density at radius 2 is 1.05 bits per heavy atom. The van der Waals surface area contributed by atoms with Gasteiger partial charge in [0, 0.05) is 44.5 Å². The molecule has 1 fully saturated rings. The molecule has 5 amide bonds. The zero-order valence-electron chi connectivity index (χ0n) is 23.6. The molecule has 0 unspecified atom stereocenters. The molecule has 0 aromatic rings. The highest BCUT2D eigenvalue weighted by atomic mass is 16.7. The van der Waals surface area contributed by atoms with E-state index in [1.807, 2.05) is 0 Å². The van der Waals surface area contributed by atoms with Gasteiger partial charge in [-0.05, 0) is 0 Å². The lowest BCUT2D eigenvalue weighted by atomic mass is 10.3. The van der Waals surface area contributed by atoms with Crippen LogP contribution in [0.3, 0.4) is 0 Å². The number of hydroxylamine groups is 2. The van der Waals surface area contributed by atoms with Gasteiger partial charge in [-0.3, -0.25) is 28.9 Å². The van der Waals surface area contributed by atoms with Gasteiger partial charge in [0.15, 0.2) is 0 Å². The van der Waals surface area contributed by atoms with Gasteiger partial charge in [-0.2, -0.15) is 0 Å². The Balaban J connectivity index is 1.23. The Labute approximate surface area is 243 Å². The van der Waals surface area contributed by atoms with Gasteiger partial charge in [-0.15, -0.1) is 5.06 Å². The van der Waals surface area contributed by atoms with E-state index in [1.165, 1.54) is 12.2 Å². The van der Waals surface area contributed by atoms with E-state index in [4.69, 9.17) is 33.3 Å². The normalized spacial score (nSPS) is 14.9. The lowest BCUT2D eigenvalue weighted by Gasteiger charge is -2.13. The Hall–Kier alpha value is -3.28. The maximum atomic E-state index is 11.8. The van der Waals surface area contributed by atoms with E-state index in [-0.39, 0.29) is 51.3 Å². The summed E-state index contributed by atoms with van der Waals surface area (Å²) >= 11 is 0. The van der Waals surface area contributed by atoms with Gasteiger partial charge in [-0.25, -0.2) is 4.79 Å². The summed E-state index contributed by atoms with van der Waals surface area (Å²) in [5, 5.41) is 3.16. The predicted molar refractivity (Wildman–Crippen MR) is 140 cm³/mol. The van der Waals surface area contributed by atoms with Crippen LogP contribution in [-0.2, 0) is 62.0 Å². The Morgan fingerprint density at radius 3 is 1.52 bits per heavy atom. The van der Waals surface area contributed by atoms with E-state index in [2.05, 4.69) is 5.32 Å². The number of nitrogens with one attached hydrogen (secondary N) is 1. The summed E-state index contributed by atoms with van der Waals surface area (Å²) in [6, 6.07) is 0. The first-order valence-electron chi connectivity index (χ1n) is 13.7. The van der Waals surface area contributed by atoms with Crippen molar-refractivity contribution in [1.82, 2.24) is 15.3 Å². The Morgan fingerprint density at radius 1 is 0.619 bits per heavy atom. The lowest BCUT2D eigenvalue weighted by Crippen LogP contribution is -2.35. The number of imide groups is 2. The molecular weight excluding hydrogens is 562 g/mol. The van der Waals surface area contributed by atoms with E-state index < -0.39 is 29.6 Å². The van der Waals surface area contributed by atoms with Gasteiger partial charge >= 0.3 is 5.97 Å². The van der Waals surface area contributed by atoms with Crippen molar-refractivity contribution in [3.05, 3.63) is 12.2 Å². The molecule has 0 atom stereocenters. The summed E-state index contributed by atoms with van der Waals surface area (Å²) in [6.45, 7) is 4.46. The molecule has 2 heterocycles. The molecular formula is C26H39N3O13. The first-order chi connectivity index (χ1) is 20.4. The van der Waals surface area contributed by atoms with Crippen molar-refractivity contribution in [2.24, 2.45) is 0 Å². The number of amides is 5. The highest BCUT2D eigenvalue weighted by Gasteiger charge is 2.32. The maximum absolute atomic E-state index is 11.8. The summed E-state index contributed by atoms with van der Waals surface area (Å²) in [5.41, 5.74) is 0. The molecule has 42 heavy (non-hydrogen) atoms. The van der Waals surface area contributed by atoms with Crippen molar-refractivity contribution in [2.75, 3.05) is 92.4 Å². The number of carbonyl (C=O) groups is 6. The molecule has 236 valence electrons. The first-order valence-corrected chi connectivity index (χ1v) is 13.7. The minimum atomic E-state index is -0.712. The number of hydrogen-bond donors (Lipinski definition) is 1. The summed E-state index contributed by atoms with van der Waals surface area (Å²) in [4.78, 5) is 74.7. The van der Waals surface area contributed by atoms with Crippen molar-refractivity contribution < 1.29 is 62.0 Å². The van der Waals surface area contributed by atoms with Crippen molar-refractivity contribution in [3.63, 3.8) is 0 Å². The monoisotopic (exact) mass is 601 g/mol. The van der Waals surface area contributed by atoms with E-state index in [9.17, 15) is 28.8 Å². The second-order valence-electron chi connectivity index (χ2n) is 8.73. The second-order valence-corrected chi connectivity index (χ2v) is 8.73. The fourth-order valence-electron chi connectivity index (χ4n) is 3.38. The number of nitrogens with zero attached hydrogens (tertiary/aromatic N) is 2. The smallest absolute Gasteiger partial charge is 0.335 e. The third-order valence-corrected chi connectivity index (χ3v) is 5.54. The van der Waals surface area contributed by atoms with Crippen LogP contribution in [-0.4, -0.2) is 138 Å². The zero-order chi connectivity index (χ0) is 30.4. The first kappa shape index (κ1) is 34.9. The summed E-state index contributed by atoms with van der Waals surface area (Å²) in [6.07, 6.45) is 2.41. The van der Waals surface area contributed by atoms with E-state index in [0.717, 1.165) is 4.90 Å². The average Bonchev–Trinajstić information content (AvgIpc) is 3.46.